The molecule has 4 N–H and O–H groups in total. The van der Waals surface area contributed by atoms with Crippen molar-refractivity contribution in [3.05, 3.63) is 32.6 Å². The number of amides is 1. The minimum Gasteiger partial charge on any atom is -0.444 e. The van der Waals surface area contributed by atoms with Gasteiger partial charge < -0.3 is 20.1 Å². The van der Waals surface area contributed by atoms with Gasteiger partial charge in [-0.1, -0.05) is 0 Å². The topological polar surface area (TPSA) is 145 Å². The molecule has 0 radical (unpaired) electrons. The highest BCUT2D eigenvalue weighted by molar-refractivity contribution is 5.68. The van der Waals surface area contributed by atoms with Gasteiger partial charge in [-0.15, -0.1) is 0 Å². The smallest absolute Gasteiger partial charge is 0.412 e. The van der Waals surface area contributed by atoms with Crippen LogP contribution in [0.25, 0.3) is 0 Å². The molecule has 0 aliphatic carbocycles. The number of rotatable bonds is 1. The van der Waals surface area contributed by atoms with Crippen LogP contribution < -0.4 is 11.2 Å². The Hall–Kier alpha value is -2.17. The van der Waals surface area contributed by atoms with Gasteiger partial charge in [-0.3, -0.25) is 19.2 Å². The zero-order valence-electron chi connectivity index (χ0n) is 14.5. The Bertz CT molecular complexity index is 764. The van der Waals surface area contributed by atoms with Crippen LogP contribution in [0, 0.1) is 6.92 Å². The molecule has 1 fully saturated rings. The maximum Gasteiger partial charge on any atom is 0.412 e. The Balaban J connectivity index is 2.52. The van der Waals surface area contributed by atoms with Crippen molar-refractivity contribution < 1.29 is 24.9 Å². The highest BCUT2D eigenvalue weighted by Crippen LogP contribution is 2.28. The summed E-state index contributed by atoms with van der Waals surface area (Å²) in [7, 11) is 0. The van der Waals surface area contributed by atoms with E-state index in [9.17, 15) is 29.7 Å². The second-order valence-electron chi connectivity index (χ2n) is 7.07. The predicted molar refractivity (Wildman–Crippen MR) is 86.1 cm³/mol. The third-order valence-electron chi connectivity index (χ3n) is 3.81. The van der Waals surface area contributed by atoms with Crippen LogP contribution in [0.5, 0.6) is 0 Å². The molecule has 1 saturated heterocycles. The van der Waals surface area contributed by atoms with E-state index in [1.165, 1.54) is 13.1 Å². The minimum absolute atomic E-state index is 0.177. The van der Waals surface area contributed by atoms with Crippen molar-refractivity contribution in [3.8, 4) is 0 Å². The quantitative estimate of drug-likeness (QED) is 0.487. The summed E-state index contributed by atoms with van der Waals surface area (Å²) in [6, 6.07) is 0. The van der Waals surface area contributed by atoms with Crippen LogP contribution in [-0.2, 0) is 4.74 Å². The fourth-order valence-electron chi connectivity index (χ4n) is 2.61. The average molecular weight is 357 g/mol. The standard InChI is InChI=1S/C15H23N3O7/c1-7-5-17(13(23)16-11(7)22)12-10(21)9(20)8(19)6-18(12)14(24)25-15(2,3)4/h5,8-10,12,19-21H,6H2,1-4H3,(H,16,22,23)/t8-,9-,10+,12+/m1/s1. The highest BCUT2D eigenvalue weighted by Gasteiger charge is 2.46. The number of aryl methyl sites for hydroxylation is 1. The summed E-state index contributed by atoms with van der Waals surface area (Å²) < 4.78 is 6.18. The summed E-state index contributed by atoms with van der Waals surface area (Å²) in [5.74, 6) is 0. The van der Waals surface area contributed by atoms with Crippen molar-refractivity contribution in [2.24, 2.45) is 0 Å². The molecule has 1 aromatic rings. The molecule has 0 spiro atoms. The van der Waals surface area contributed by atoms with Gasteiger partial charge in [0.1, 0.15) is 30.1 Å². The lowest BCUT2D eigenvalue weighted by Gasteiger charge is -2.44. The first-order valence-electron chi connectivity index (χ1n) is 7.78. The van der Waals surface area contributed by atoms with Gasteiger partial charge in [0.25, 0.3) is 5.56 Å². The first-order valence-corrected chi connectivity index (χ1v) is 7.78. The van der Waals surface area contributed by atoms with Crippen molar-refractivity contribution >= 4 is 6.09 Å². The summed E-state index contributed by atoms with van der Waals surface area (Å²) in [4.78, 5) is 39.2. The van der Waals surface area contributed by atoms with Crippen LogP contribution in [-0.4, -0.2) is 66.3 Å². The number of aromatic nitrogens is 2. The van der Waals surface area contributed by atoms with E-state index in [0.29, 0.717) is 0 Å². The first kappa shape index (κ1) is 19.2. The number of nitrogens with zero attached hydrogens (tertiary/aromatic N) is 2. The number of β-amino-alcohol motifs (C(OH)–C–C–N with tert-alkyl or cyclic N) is 1. The zero-order valence-corrected chi connectivity index (χ0v) is 14.5. The Morgan fingerprint density at radius 1 is 1.24 bits per heavy atom. The molecule has 0 unspecified atom stereocenters. The van der Waals surface area contributed by atoms with Gasteiger partial charge in [0.15, 0.2) is 0 Å². The molecule has 1 aliphatic heterocycles. The molecule has 0 bridgehead atoms. The van der Waals surface area contributed by atoms with E-state index in [1.807, 2.05) is 0 Å². The summed E-state index contributed by atoms with van der Waals surface area (Å²) in [6.07, 6.45) is -5.72. The Kier molecular flexibility index (Phi) is 5.07. The second kappa shape index (κ2) is 6.62. The highest BCUT2D eigenvalue weighted by atomic mass is 16.6. The maximum atomic E-state index is 12.5. The monoisotopic (exact) mass is 357 g/mol. The second-order valence-corrected chi connectivity index (χ2v) is 7.07. The number of likely N-dealkylation sites (tertiary alicyclic amines) is 1. The van der Waals surface area contributed by atoms with Gasteiger partial charge in [0.2, 0.25) is 0 Å². The molecule has 10 nitrogen and oxygen atoms in total. The minimum atomic E-state index is -1.67. The number of hydrogen-bond acceptors (Lipinski definition) is 7. The lowest BCUT2D eigenvalue weighted by Crippen LogP contribution is -2.62. The first-order chi connectivity index (χ1) is 11.4. The number of aromatic amines is 1. The van der Waals surface area contributed by atoms with E-state index in [1.54, 1.807) is 20.8 Å². The van der Waals surface area contributed by atoms with Crippen LogP contribution in [0.1, 0.15) is 32.5 Å². The molecular formula is C15H23N3O7. The van der Waals surface area contributed by atoms with Gasteiger partial charge in [-0.2, -0.15) is 0 Å². The van der Waals surface area contributed by atoms with Gasteiger partial charge in [0, 0.05) is 11.8 Å². The molecule has 1 amide bonds. The number of H-pyrrole nitrogens is 1. The molecule has 1 aliphatic rings. The Morgan fingerprint density at radius 3 is 2.40 bits per heavy atom. The number of nitrogens with one attached hydrogen (secondary N) is 1. The summed E-state index contributed by atoms with van der Waals surface area (Å²) >= 11 is 0. The largest absolute Gasteiger partial charge is 0.444 e. The summed E-state index contributed by atoms with van der Waals surface area (Å²) in [5.41, 5.74) is -2.14. The normalized spacial score (nSPS) is 27.2. The average Bonchev–Trinajstić information content (AvgIpc) is 2.47. The van der Waals surface area contributed by atoms with Crippen LogP contribution in [0.2, 0.25) is 0 Å². The predicted octanol–water partition coefficient (Wildman–Crippen LogP) is -1.32. The summed E-state index contributed by atoms with van der Waals surface area (Å²) in [6.45, 7) is 6.02. The lowest BCUT2D eigenvalue weighted by atomic mass is 9.98. The van der Waals surface area contributed by atoms with Gasteiger partial charge in [0.05, 0.1) is 6.54 Å². The molecule has 4 atom stereocenters. The van der Waals surface area contributed by atoms with Crippen LogP contribution >= 0.6 is 0 Å². The van der Waals surface area contributed by atoms with Crippen LogP contribution in [0.4, 0.5) is 4.79 Å². The van der Waals surface area contributed by atoms with E-state index >= 15 is 0 Å². The molecule has 2 rings (SSSR count). The fourth-order valence-corrected chi connectivity index (χ4v) is 2.61. The maximum absolute atomic E-state index is 12.5. The Labute approximate surface area is 143 Å². The molecule has 10 heteroatoms. The van der Waals surface area contributed by atoms with E-state index in [0.717, 1.165) is 9.47 Å². The molecule has 140 valence electrons. The zero-order chi connectivity index (χ0) is 19.1. The summed E-state index contributed by atoms with van der Waals surface area (Å²) in [5, 5.41) is 30.2. The third-order valence-corrected chi connectivity index (χ3v) is 3.81. The van der Waals surface area contributed by atoms with Crippen molar-refractivity contribution in [3.63, 3.8) is 0 Å². The van der Waals surface area contributed by atoms with Gasteiger partial charge in [-0.05, 0) is 27.7 Å². The number of carbonyl (C=O) groups excluding carboxylic acids is 1. The Morgan fingerprint density at radius 2 is 1.84 bits per heavy atom. The SMILES string of the molecule is Cc1cn([C@@H]2[C@@H](O)[C@H](O)[C@H](O)CN2C(=O)OC(C)(C)C)c(=O)[nH]c1=O. The van der Waals surface area contributed by atoms with Crippen molar-refractivity contribution in [2.75, 3.05) is 6.54 Å². The number of carbonyl (C=O) groups is 1. The van der Waals surface area contributed by atoms with Gasteiger partial charge in [-0.25, -0.2) is 9.59 Å². The van der Waals surface area contributed by atoms with E-state index in [4.69, 9.17) is 4.74 Å². The molecule has 0 saturated carbocycles. The van der Waals surface area contributed by atoms with Crippen molar-refractivity contribution in [1.82, 2.24) is 14.5 Å². The third kappa shape index (κ3) is 3.91. The van der Waals surface area contributed by atoms with Crippen LogP contribution in [0.15, 0.2) is 15.8 Å². The number of ether oxygens (including phenoxy) is 1. The van der Waals surface area contributed by atoms with E-state index in [2.05, 4.69) is 4.98 Å². The number of piperidine rings is 1. The van der Waals surface area contributed by atoms with Crippen LogP contribution in [0.3, 0.4) is 0 Å². The van der Waals surface area contributed by atoms with Gasteiger partial charge >= 0.3 is 11.8 Å². The molecule has 2 heterocycles. The molecule has 25 heavy (non-hydrogen) atoms. The molecular weight excluding hydrogens is 334 g/mol. The molecule has 0 aromatic carbocycles. The molecule has 1 aromatic heterocycles. The fraction of sp³-hybridized carbons (Fsp3) is 0.667. The number of aliphatic hydroxyl groups excluding tert-OH is 3. The van der Waals surface area contributed by atoms with E-state index < -0.39 is 47.4 Å². The van der Waals surface area contributed by atoms with Crippen molar-refractivity contribution in [1.29, 1.82) is 0 Å². The van der Waals surface area contributed by atoms with Crippen molar-refractivity contribution in [2.45, 2.75) is 57.8 Å². The number of aliphatic hydroxyl groups is 3. The number of hydrogen-bond donors (Lipinski definition) is 4. The lowest BCUT2D eigenvalue weighted by molar-refractivity contribution is -0.152. The van der Waals surface area contributed by atoms with E-state index in [-0.39, 0.29) is 12.1 Å².